The van der Waals surface area contributed by atoms with E-state index >= 15 is 0 Å². The van der Waals surface area contributed by atoms with Gasteiger partial charge in [-0.3, -0.25) is 0 Å². The molecular weight excluding hydrogens is 256 g/mol. The van der Waals surface area contributed by atoms with Gasteiger partial charge in [-0.2, -0.15) is 0 Å². The molecule has 0 amide bonds. The maximum absolute atomic E-state index is 3.81. The Morgan fingerprint density at radius 1 is 1.19 bits per heavy atom. The quantitative estimate of drug-likeness (QED) is 0.733. The van der Waals surface area contributed by atoms with Crippen LogP contribution in [-0.2, 0) is 0 Å². The van der Waals surface area contributed by atoms with Crippen molar-refractivity contribution in [2.24, 2.45) is 11.3 Å². The predicted octanol–water partition coefficient (Wildman–Crippen LogP) is 4.69. The summed E-state index contributed by atoms with van der Waals surface area (Å²) in [6.45, 7) is 20.0. The average Bonchev–Trinajstić information content (AvgIpc) is 2.44. The molecule has 0 aromatic heterocycles. The molecule has 0 radical (unpaired) electrons. The summed E-state index contributed by atoms with van der Waals surface area (Å²) >= 11 is 0. The van der Waals surface area contributed by atoms with E-state index in [4.69, 9.17) is 0 Å². The molecule has 1 unspecified atom stereocenters. The molecule has 1 atom stereocenters. The van der Waals surface area contributed by atoms with Gasteiger partial charge in [0, 0.05) is 24.7 Å². The fraction of sp³-hybridized carbons (Fsp3) is 1.00. The molecule has 21 heavy (non-hydrogen) atoms. The van der Waals surface area contributed by atoms with Gasteiger partial charge >= 0.3 is 0 Å². The fourth-order valence-electron chi connectivity index (χ4n) is 3.49. The van der Waals surface area contributed by atoms with Crippen LogP contribution in [0.15, 0.2) is 0 Å². The Balaban J connectivity index is 2.76. The van der Waals surface area contributed by atoms with E-state index in [0.29, 0.717) is 11.5 Å². The maximum Gasteiger partial charge on any atom is 0.00967 e. The second-order valence-corrected chi connectivity index (χ2v) is 8.61. The first-order valence-corrected chi connectivity index (χ1v) is 9.20. The Morgan fingerprint density at radius 2 is 1.76 bits per heavy atom. The highest BCUT2D eigenvalue weighted by molar-refractivity contribution is 4.91. The summed E-state index contributed by atoms with van der Waals surface area (Å²) < 4.78 is 0. The zero-order valence-corrected chi connectivity index (χ0v) is 15.8. The number of hydrogen-bond donors (Lipinski definition) is 1. The minimum atomic E-state index is 0.226. The summed E-state index contributed by atoms with van der Waals surface area (Å²) in [5.41, 5.74) is 0.711. The van der Waals surface area contributed by atoms with Crippen molar-refractivity contribution in [2.45, 2.75) is 92.2 Å². The second-order valence-electron chi connectivity index (χ2n) is 8.61. The van der Waals surface area contributed by atoms with Crippen molar-refractivity contribution in [2.75, 3.05) is 19.6 Å². The van der Waals surface area contributed by atoms with Gasteiger partial charge in [-0.25, -0.2) is 0 Å². The Labute approximate surface area is 134 Å². The fourth-order valence-corrected chi connectivity index (χ4v) is 3.49. The van der Waals surface area contributed by atoms with Gasteiger partial charge in [0.05, 0.1) is 0 Å². The zero-order chi connectivity index (χ0) is 16.1. The third-order valence-electron chi connectivity index (χ3n) is 5.49. The van der Waals surface area contributed by atoms with Crippen LogP contribution in [0.3, 0.4) is 0 Å². The lowest BCUT2D eigenvalue weighted by atomic mass is 9.70. The molecule has 0 aromatic carbocycles. The van der Waals surface area contributed by atoms with Gasteiger partial charge in [0.15, 0.2) is 0 Å². The third kappa shape index (κ3) is 6.28. The summed E-state index contributed by atoms with van der Waals surface area (Å²) in [5, 5.41) is 3.81. The van der Waals surface area contributed by atoms with Gasteiger partial charge in [-0.15, -0.1) is 0 Å². The molecule has 1 fully saturated rings. The van der Waals surface area contributed by atoms with Gasteiger partial charge < -0.3 is 10.2 Å². The lowest BCUT2D eigenvalue weighted by molar-refractivity contribution is 0.0634. The molecule has 0 aliphatic heterocycles. The van der Waals surface area contributed by atoms with Crippen LogP contribution >= 0.6 is 0 Å². The van der Waals surface area contributed by atoms with Crippen molar-refractivity contribution in [3.63, 3.8) is 0 Å². The molecule has 0 aromatic rings. The predicted molar refractivity (Wildman–Crippen MR) is 94.8 cm³/mol. The summed E-state index contributed by atoms with van der Waals surface area (Å²) in [5.74, 6) is 0.923. The monoisotopic (exact) mass is 296 g/mol. The summed E-state index contributed by atoms with van der Waals surface area (Å²) in [7, 11) is 0. The van der Waals surface area contributed by atoms with Gasteiger partial charge in [0.25, 0.3) is 0 Å². The maximum atomic E-state index is 3.81. The average molecular weight is 297 g/mol. The first-order chi connectivity index (χ1) is 9.71. The lowest BCUT2D eigenvalue weighted by Gasteiger charge is -2.45. The first-order valence-electron chi connectivity index (χ1n) is 9.20. The highest BCUT2D eigenvalue weighted by Gasteiger charge is 2.36. The van der Waals surface area contributed by atoms with Crippen LogP contribution in [0.4, 0.5) is 0 Å². The number of hydrogen-bond acceptors (Lipinski definition) is 2. The minimum Gasteiger partial charge on any atom is -0.311 e. The van der Waals surface area contributed by atoms with Gasteiger partial charge in [0.1, 0.15) is 0 Å². The molecule has 1 aliphatic rings. The molecule has 1 rings (SSSR count). The van der Waals surface area contributed by atoms with E-state index in [1.54, 1.807) is 0 Å². The van der Waals surface area contributed by atoms with E-state index in [1.165, 1.54) is 51.7 Å². The molecule has 2 nitrogen and oxygen atoms in total. The van der Waals surface area contributed by atoms with E-state index in [-0.39, 0.29) is 5.54 Å². The number of rotatable bonds is 7. The third-order valence-corrected chi connectivity index (χ3v) is 5.49. The standard InChI is InChI=1S/C19H40N2/c1-8-17(4)21(9-2)15-19(14-20-18(5,6)7)12-10-16(3)11-13-19/h16-17,20H,8-15H2,1-7H3. The van der Waals surface area contributed by atoms with Crippen LogP contribution in [0.2, 0.25) is 0 Å². The molecule has 0 spiro atoms. The van der Waals surface area contributed by atoms with E-state index in [1.807, 2.05) is 0 Å². The van der Waals surface area contributed by atoms with Crippen molar-refractivity contribution >= 4 is 0 Å². The molecule has 1 aliphatic carbocycles. The first kappa shape index (κ1) is 19.0. The second kappa shape index (κ2) is 7.97. The highest BCUT2D eigenvalue weighted by Crippen LogP contribution is 2.40. The molecule has 2 heteroatoms. The van der Waals surface area contributed by atoms with E-state index in [9.17, 15) is 0 Å². The van der Waals surface area contributed by atoms with Crippen molar-refractivity contribution in [3.05, 3.63) is 0 Å². The van der Waals surface area contributed by atoms with Gasteiger partial charge in [0.2, 0.25) is 0 Å². The normalized spacial score (nSPS) is 28.9. The van der Waals surface area contributed by atoms with Crippen molar-refractivity contribution < 1.29 is 0 Å². The topological polar surface area (TPSA) is 15.3 Å². The van der Waals surface area contributed by atoms with Crippen LogP contribution < -0.4 is 5.32 Å². The lowest BCUT2D eigenvalue weighted by Crippen LogP contribution is -2.51. The Bertz CT molecular complexity index is 284. The highest BCUT2D eigenvalue weighted by atomic mass is 15.2. The zero-order valence-electron chi connectivity index (χ0n) is 15.8. The van der Waals surface area contributed by atoms with Crippen LogP contribution in [0.1, 0.15) is 80.6 Å². The SMILES string of the molecule is CCC(C)N(CC)CC1(CNC(C)(C)C)CCC(C)CC1. The summed E-state index contributed by atoms with van der Waals surface area (Å²) in [6, 6.07) is 0.709. The van der Waals surface area contributed by atoms with E-state index in [0.717, 1.165) is 5.92 Å². The van der Waals surface area contributed by atoms with Gasteiger partial charge in [-0.1, -0.05) is 33.6 Å². The molecule has 0 saturated heterocycles. The van der Waals surface area contributed by atoms with Crippen LogP contribution in [0, 0.1) is 11.3 Å². The number of nitrogens with one attached hydrogen (secondary N) is 1. The summed E-state index contributed by atoms with van der Waals surface area (Å²) in [6.07, 6.45) is 6.86. The molecule has 0 heterocycles. The Kier molecular flexibility index (Phi) is 7.19. The van der Waals surface area contributed by atoms with Crippen molar-refractivity contribution in [1.29, 1.82) is 0 Å². The van der Waals surface area contributed by atoms with Crippen LogP contribution in [0.25, 0.3) is 0 Å². The van der Waals surface area contributed by atoms with Crippen molar-refractivity contribution in [3.8, 4) is 0 Å². The Morgan fingerprint density at radius 3 is 2.19 bits per heavy atom. The molecular formula is C19H40N2. The summed E-state index contributed by atoms with van der Waals surface area (Å²) in [4.78, 5) is 2.71. The minimum absolute atomic E-state index is 0.226. The smallest absolute Gasteiger partial charge is 0.00967 e. The number of nitrogens with zero attached hydrogens (tertiary/aromatic N) is 1. The van der Waals surface area contributed by atoms with Crippen molar-refractivity contribution in [1.82, 2.24) is 10.2 Å². The van der Waals surface area contributed by atoms with E-state index in [2.05, 4.69) is 58.7 Å². The Hall–Kier alpha value is -0.0800. The molecule has 126 valence electrons. The largest absolute Gasteiger partial charge is 0.311 e. The molecule has 1 N–H and O–H groups in total. The molecule has 1 saturated carbocycles. The van der Waals surface area contributed by atoms with Gasteiger partial charge in [-0.05, 0) is 64.8 Å². The van der Waals surface area contributed by atoms with Crippen LogP contribution in [0.5, 0.6) is 0 Å². The van der Waals surface area contributed by atoms with Crippen LogP contribution in [-0.4, -0.2) is 36.1 Å². The molecule has 0 bridgehead atoms. The van der Waals surface area contributed by atoms with E-state index < -0.39 is 0 Å².